The van der Waals surface area contributed by atoms with E-state index in [-0.39, 0.29) is 23.5 Å². The van der Waals surface area contributed by atoms with Gasteiger partial charge in [-0.05, 0) is 24.6 Å². The topological polar surface area (TPSA) is 59.8 Å². The highest BCUT2D eigenvalue weighted by atomic mass is 32.2. The van der Waals surface area contributed by atoms with Gasteiger partial charge in [0.1, 0.15) is 5.82 Å². The van der Waals surface area contributed by atoms with Gasteiger partial charge in [0.25, 0.3) is 0 Å². The van der Waals surface area contributed by atoms with E-state index >= 15 is 0 Å². The second kappa shape index (κ2) is 8.14. The van der Waals surface area contributed by atoms with Crippen LogP contribution in [0.15, 0.2) is 59.8 Å². The minimum atomic E-state index is -0.353. The molecule has 3 rings (SSSR count). The maximum absolute atomic E-state index is 13.9. The van der Waals surface area contributed by atoms with Crippen LogP contribution in [0.4, 0.5) is 4.39 Å². The highest BCUT2D eigenvalue weighted by molar-refractivity contribution is 7.99. The van der Waals surface area contributed by atoms with Crippen molar-refractivity contribution in [2.24, 2.45) is 7.05 Å². The second-order valence-corrected chi connectivity index (χ2v) is 6.78. The third kappa shape index (κ3) is 4.11. The van der Waals surface area contributed by atoms with Crippen molar-refractivity contribution >= 4 is 17.7 Å². The predicted octanol–water partition coefficient (Wildman–Crippen LogP) is 3.59. The molecule has 26 heavy (non-hydrogen) atoms. The molecule has 3 aromatic rings. The summed E-state index contributed by atoms with van der Waals surface area (Å²) in [4.78, 5) is 12.2. The first-order chi connectivity index (χ1) is 12.6. The summed E-state index contributed by atoms with van der Waals surface area (Å²) in [5.41, 5.74) is 1.43. The number of carbonyl (C=O) groups is 1. The van der Waals surface area contributed by atoms with Crippen molar-refractivity contribution < 1.29 is 9.18 Å². The summed E-state index contributed by atoms with van der Waals surface area (Å²) in [6, 6.07) is 16.1. The van der Waals surface area contributed by atoms with Crippen molar-refractivity contribution in [1.82, 2.24) is 20.1 Å². The van der Waals surface area contributed by atoms with Gasteiger partial charge in [0.05, 0.1) is 17.4 Å². The average Bonchev–Trinajstić information content (AvgIpc) is 3.01. The number of rotatable bonds is 6. The van der Waals surface area contributed by atoms with Crippen LogP contribution < -0.4 is 5.32 Å². The predicted molar refractivity (Wildman–Crippen MR) is 100 cm³/mol. The number of hydrogen-bond acceptors (Lipinski definition) is 4. The van der Waals surface area contributed by atoms with Crippen molar-refractivity contribution in [2.75, 3.05) is 5.75 Å². The first-order valence-corrected chi connectivity index (χ1v) is 9.16. The van der Waals surface area contributed by atoms with Gasteiger partial charge in [-0.25, -0.2) is 4.39 Å². The van der Waals surface area contributed by atoms with Gasteiger partial charge in [0.2, 0.25) is 5.91 Å². The van der Waals surface area contributed by atoms with Crippen LogP contribution in [0.3, 0.4) is 0 Å². The number of hydrogen-bond donors (Lipinski definition) is 1. The Labute approximate surface area is 155 Å². The lowest BCUT2D eigenvalue weighted by atomic mass is 10.1. The molecule has 1 N–H and O–H groups in total. The minimum absolute atomic E-state index is 0.0715. The molecule has 134 valence electrons. The van der Waals surface area contributed by atoms with Gasteiger partial charge in [-0.15, -0.1) is 10.2 Å². The Morgan fingerprint density at radius 1 is 1.15 bits per heavy atom. The Kier molecular flexibility index (Phi) is 5.68. The highest BCUT2D eigenvalue weighted by Crippen LogP contribution is 2.24. The average molecular weight is 370 g/mol. The zero-order valence-corrected chi connectivity index (χ0v) is 15.3. The molecule has 7 heteroatoms. The zero-order valence-electron chi connectivity index (χ0n) is 14.5. The van der Waals surface area contributed by atoms with Gasteiger partial charge in [0, 0.05) is 7.05 Å². The fourth-order valence-corrected chi connectivity index (χ4v) is 3.28. The molecular weight excluding hydrogens is 351 g/mol. The van der Waals surface area contributed by atoms with Crippen molar-refractivity contribution in [3.63, 3.8) is 0 Å². The quantitative estimate of drug-likeness (QED) is 0.674. The van der Waals surface area contributed by atoms with E-state index in [1.165, 1.54) is 17.8 Å². The SMILES string of the molecule is C[C@@H](NC(=O)CSc1nnc(-c2ccccc2F)n1C)c1ccccc1. The van der Waals surface area contributed by atoms with Crippen molar-refractivity contribution in [3.8, 4) is 11.4 Å². The molecule has 0 bridgehead atoms. The second-order valence-electron chi connectivity index (χ2n) is 5.83. The van der Waals surface area contributed by atoms with Crippen LogP contribution >= 0.6 is 11.8 Å². The monoisotopic (exact) mass is 370 g/mol. The first-order valence-electron chi connectivity index (χ1n) is 8.17. The van der Waals surface area contributed by atoms with E-state index in [4.69, 9.17) is 0 Å². The molecule has 1 amide bonds. The molecule has 0 aliphatic rings. The van der Waals surface area contributed by atoms with Gasteiger partial charge < -0.3 is 9.88 Å². The molecule has 0 aliphatic heterocycles. The molecule has 0 spiro atoms. The summed E-state index contributed by atoms with van der Waals surface area (Å²) < 4.78 is 15.6. The third-order valence-corrected chi connectivity index (χ3v) is 4.98. The van der Waals surface area contributed by atoms with Gasteiger partial charge in [-0.3, -0.25) is 4.79 Å². The summed E-state index contributed by atoms with van der Waals surface area (Å²) >= 11 is 1.27. The molecular formula is C19H19FN4OS. The summed E-state index contributed by atoms with van der Waals surface area (Å²) in [6.07, 6.45) is 0. The maximum Gasteiger partial charge on any atom is 0.230 e. The summed E-state index contributed by atoms with van der Waals surface area (Å²) in [6.45, 7) is 1.94. The van der Waals surface area contributed by atoms with Gasteiger partial charge in [-0.1, -0.05) is 54.2 Å². The summed E-state index contributed by atoms with van der Waals surface area (Å²) in [7, 11) is 1.76. The van der Waals surface area contributed by atoms with Crippen molar-refractivity contribution in [2.45, 2.75) is 18.1 Å². The summed E-state index contributed by atoms with van der Waals surface area (Å²) in [5.74, 6) is 0.194. The Morgan fingerprint density at radius 3 is 2.58 bits per heavy atom. The lowest BCUT2D eigenvalue weighted by Crippen LogP contribution is -2.28. The lowest BCUT2D eigenvalue weighted by Gasteiger charge is -2.14. The Balaban J connectivity index is 1.62. The third-order valence-electron chi connectivity index (χ3n) is 3.96. The molecule has 0 aliphatic carbocycles. The number of aromatic nitrogens is 3. The Bertz CT molecular complexity index is 898. The van der Waals surface area contributed by atoms with Gasteiger partial charge in [-0.2, -0.15) is 0 Å². The Morgan fingerprint density at radius 2 is 1.85 bits per heavy atom. The molecule has 2 aromatic carbocycles. The number of nitrogens with one attached hydrogen (secondary N) is 1. The van der Waals surface area contributed by atoms with Crippen LogP contribution in [0.5, 0.6) is 0 Å². The van der Waals surface area contributed by atoms with E-state index in [2.05, 4.69) is 15.5 Å². The highest BCUT2D eigenvalue weighted by Gasteiger charge is 2.16. The van der Waals surface area contributed by atoms with E-state index in [0.29, 0.717) is 16.5 Å². The van der Waals surface area contributed by atoms with E-state index in [9.17, 15) is 9.18 Å². The van der Waals surface area contributed by atoms with Crippen molar-refractivity contribution in [1.29, 1.82) is 0 Å². The fraction of sp³-hybridized carbons (Fsp3) is 0.211. The Hall–Kier alpha value is -2.67. The van der Waals surface area contributed by atoms with Crippen LogP contribution in [-0.4, -0.2) is 26.4 Å². The number of nitrogens with zero attached hydrogens (tertiary/aromatic N) is 3. The normalized spacial score (nSPS) is 12.0. The van der Waals surface area contributed by atoms with E-state index in [1.807, 2.05) is 37.3 Å². The van der Waals surface area contributed by atoms with Crippen molar-refractivity contribution in [3.05, 3.63) is 66.0 Å². The number of benzene rings is 2. The molecule has 1 heterocycles. The molecule has 0 radical (unpaired) electrons. The van der Waals surface area contributed by atoms with Gasteiger partial charge >= 0.3 is 0 Å². The van der Waals surface area contributed by atoms with Gasteiger partial charge in [0.15, 0.2) is 11.0 Å². The minimum Gasteiger partial charge on any atom is -0.349 e. The molecule has 5 nitrogen and oxygen atoms in total. The molecule has 0 unspecified atom stereocenters. The van der Waals surface area contributed by atoms with E-state index in [0.717, 1.165) is 5.56 Å². The standard InChI is InChI=1S/C19H19FN4OS/c1-13(14-8-4-3-5-9-14)21-17(25)12-26-19-23-22-18(24(19)2)15-10-6-7-11-16(15)20/h3-11,13H,12H2,1-2H3,(H,21,25)/t13-/m1/s1. The van der Waals surface area contributed by atoms with Crippen LogP contribution in [0.2, 0.25) is 0 Å². The number of carbonyl (C=O) groups excluding carboxylic acids is 1. The van der Waals surface area contributed by atoms with Crippen LogP contribution in [0.25, 0.3) is 11.4 Å². The number of thioether (sulfide) groups is 1. The molecule has 0 fully saturated rings. The molecule has 0 saturated carbocycles. The fourth-order valence-electron chi connectivity index (χ4n) is 2.56. The van der Waals surface area contributed by atoms with Crippen LogP contribution in [0.1, 0.15) is 18.5 Å². The summed E-state index contributed by atoms with van der Waals surface area (Å²) in [5, 5.41) is 11.6. The largest absolute Gasteiger partial charge is 0.349 e. The van der Waals surface area contributed by atoms with Crippen LogP contribution in [0, 0.1) is 5.82 Å². The lowest BCUT2D eigenvalue weighted by molar-refractivity contribution is -0.119. The van der Waals surface area contributed by atoms with Crippen LogP contribution in [-0.2, 0) is 11.8 Å². The molecule has 1 aromatic heterocycles. The number of amides is 1. The smallest absolute Gasteiger partial charge is 0.230 e. The maximum atomic E-state index is 13.9. The first kappa shape index (κ1) is 18.1. The number of halogens is 1. The van der Waals surface area contributed by atoms with E-state index in [1.54, 1.807) is 29.8 Å². The molecule has 1 atom stereocenters. The zero-order chi connectivity index (χ0) is 18.5. The van der Waals surface area contributed by atoms with E-state index < -0.39 is 0 Å². The molecule has 0 saturated heterocycles.